The van der Waals surface area contributed by atoms with Crippen molar-refractivity contribution in [2.24, 2.45) is 0 Å². The maximum absolute atomic E-state index is 12.6. The van der Waals surface area contributed by atoms with Gasteiger partial charge in [-0.1, -0.05) is 41.9 Å². The molecule has 0 saturated carbocycles. The number of rotatable bonds is 11. The summed E-state index contributed by atoms with van der Waals surface area (Å²) in [6, 6.07) is 19.9. The minimum Gasteiger partial charge on any atom is -0.508 e. The van der Waals surface area contributed by atoms with Crippen molar-refractivity contribution in [1.29, 1.82) is 0 Å². The molecule has 0 spiro atoms. The molecule has 35 heavy (non-hydrogen) atoms. The third-order valence-corrected chi connectivity index (χ3v) is 6.13. The van der Waals surface area contributed by atoms with Crippen molar-refractivity contribution in [2.75, 3.05) is 13.1 Å². The Balaban J connectivity index is 1.53. The van der Waals surface area contributed by atoms with Gasteiger partial charge in [-0.2, -0.15) is 0 Å². The van der Waals surface area contributed by atoms with Crippen LogP contribution in [0.2, 0.25) is 5.02 Å². The maximum atomic E-state index is 12.6. The molecule has 0 heterocycles. The van der Waals surface area contributed by atoms with Crippen LogP contribution >= 0.6 is 11.6 Å². The minimum atomic E-state index is -0.794. The van der Waals surface area contributed by atoms with Crippen LogP contribution in [0.25, 0.3) is 0 Å². The minimum absolute atomic E-state index is 0.00522. The first-order valence-electron chi connectivity index (χ1n) is 11.6. The van der Waals surface area contributed by atoms with E-state index in [1.165, 1.54) is 6.07 Å². The van der Waals surface area contributed by atoms with Gasteiger partial charge in [0.1, 0.15) is 5.75 Å². The fraction of sp³-hybridized carbons (Fsp3) is 0.321. The Bertz CT molecular complexity index is 1130. The van der Waals surface area contributed by atoms with Crippen molar-refractivity contribution in [1.82, 2.24) is 10.6 Å². The summed E-state index contributed by atoms with van der Waals surface area (Å²) in [5.41, 5.74) is 3.38. The molecule has 3 aromatic rings. The van der Waals surface area contributed by atoms with Gasteiger partial charge in [0, 0.05) is 34.8 Å². The zero-order valence-corrected chi connectivity index (χ0v) is 20.8. The lowest BCUT2D eigenvalue weighted by Crippen LogP contribution is -2.43. The third kappa shape index (κ3) is 8.08. The zero-order valence-electron chi connectivity index (χ0n) is 20.1. The summed E-state index contributed by atoms with van der Waals surface area (Å²) in [5, 5.41) is 36.7. The fourth-order valence-corrected chi connectivity index (χ4v) is 4.02. The maximum Gasteiger partial charge on any atom is 0.251 e. The monoisotopic (exact) mass is 496 g/mol. The normalized spacial score (nSPS) is 12.4. The van der Waals surface area contributed by atoms with Crippen LogP contribution in [-0.4, -0.2) is 39.9 Å². The van der Waals surface area contributed by atoms with Crippen molar-refractivity contribution >= 4 is 17.5 Å². The first-order valence-corrected chi connectivity index (χ1v) is 12.0. The van der Waals surface area contributed by atoms with Gasteiger partial charge >= 0.3 is 0 Å². The number of aliphatic hydroxyl groups excluding tert-OH is 2. The molecule has 0 aliphatic rings. The van der Waals surface area contributed by atoms with Gasteiger partial charge in [0.05, 0.1) is 12.7 Å². The van der Waals surface area contributed by atoms with E-state index in [1.807, 2.05) is 56.3 Å². The molecule has 0 aromatic heterocycles. The second-order valence-electron chi connectivity index (χ2n) is 9.34. The number of amides is 1. The molecule has 5 N–H and O–H groups in total. The summed E-state index contributed by atoms with van der Waals surface area (Å²) in [7, 11) is 0. The number of carbonyl (C=O) groups is 1. The van der Waals surface area contributed by atoms with Gasteiger partial charge in [0.25, 0.3) is 5.91 Å². The lowest BCUT2D eigenvalue weighted by Gasteiger charge is -2.28. The molecule has 0 bridgehead atoms. The van der Waals surface area contributed by atoms with Crippen LogP contribution in [0.1, 0.15) is 52.6 Å². The third-order valence-electron chi connectivity index (χ3n) is 5.88. The van der Waals surface area contributed by atoms with Crippen molar-refractivity contribution in [3.8, 4) is 5.75 Å². The largest absolute Gasteiger partial charge is 0.508 e. The Kier molecular flexibility index (Phi) is 9.29. The summed E-state index contributed by atoms with van der Waals surface area (Å²) < 4.78 is 0. The molecule has 7 heteroatoms. The van der Waals surface area contributed by atoms with Crippen LogP contribution in [-0.2, 0) is 19.4 Å². The molecule has 0 fully saturated rings. The first-order chi connectivity index (χ1) is 16.7. The number of carbonyl (C=O) groups excluding carboxylic acids is 1. The average molecular weight is 497 g/mol. The van der Waals surface area contributed by atoms with Gasteiger partial charge in [-0.3, -0.25) is 4.79 Å². The number of nitrogens with one attached hydrogen (secondary N) is 2. The van der Waals surface area contributed by atoms with E-state index < -0.39 is 6.10 Å². The van der Waals surface area contributed by atoms with E-state index in [4.69, 9.17) is 11.6 Å². The Morgan fingerprint density at radius 3 is 2.49 bits per heavy atom. The highest BCUT2D eigenvalue weighted by Gasteiger charge is 2.21. The van der Waals surface area contributed by atoms with E-state index in [0.717, 1.165) is 17.5 Å². The Morgan fingerprint density at radius 2 is 1.77 bits per heavy atom. The van der Waals surface area contributed by atoms with Crippen LogP contribution < -0.4 is 10.6 Å². The average Bonchev–Trinajstić information content (AvgIpc) is 2.84. The molecular formula is C28H33ClN2O4. The lowest BCUT2D eigenvalue weighted by atomic mass is 9.93. The zero-order chi connectivity index (χ0) is 25.4. The SMILES string of the molecule is CC(C)(Cc1cccc(C(=O)NCCc2ccc(Cl)cc2)c1)NC[C@@H](O)c1ccc(O)c(CO)c1. The second kappa shape index (κ2) is 12.2. The van der Waals surface area contributed by atoms with Crippen LogP contribution in [0.3, 0.4) is 0 Å². The molecule has 0 aliphatic heterocycles. The predicted molar refractivity (Wildman–Crippen MR) is 139 cm³/mol. The summed E-state index contributed by atoms with van der Waals surface area (Å²) in [5.74, 6) is -0.111. The molecule has 0 saturated heterocycles. The number of β-amino-alcohol motifs (C(OH)–C–C–N with tert-alkyl or cyclic N) is 1. The molecule has 6 nitrogen and oxygen atoms in total. The number of hydrogen-bond acceptors (Lipinski definition) is 5. The van der Waals surface area contributed by atoms with Gasteiger partial charge in [0.15, 0.2) is 0 Å². The van der Waals surface area contributed by atoms with Gasteiger partial charge in [0.2, 0.25) is 0 Å². The van der Waals surface area contributed by atoms with Crippen LogP contribution in [0.5, 0.6) is 5.75 Å². The number of benzene rings is 3. The summed E-state index contributed by atoms with van der Waals surface area (Å²) in [4.78, 5) is 12.6. The predicted octanol–water partition coefficient (Wildman–Crippen LogP) is 4.15. The highest BCUT2D eigenvalue weighted by molar-refractivity contribution is 6.30. The quantitative estimate of drug-likeness (QED) is 0.274. The number of hydrogen-bond donors (Lipinski definition) is 5. The topological polar surface area (TPSA) is 102 Å². The second-order valence-corrected chi connectivity index (χ2v) is 9.77. The Morgan fingerprint density at radius 1 is 1.03 bits per heavy atom. The summed E-state index contributed by atoms with van der Waals surface area (Å²) in [6.45, 7) is 4.61. The smallest absolute Gasteiger partial charge is 0.251 e. The van der Waals surface area contributed by atoms with Crippen molar-refractivity contribution in [3.63, 3.8) is 0 Å². The van der Waals surface area contributed by atoms with Gasteiger partial charge in [-0.15, -0.1) is 0 Å². The molecule has 0 radical (unpaired) electrons. The molecule has 3 rings (SSSR count). The number of aliphatic hydroxyl groups is 2. The molecule has 186 valence electrons. The number of phenols is 1. The fourth-order valence-electron chi connectivity index (χ4n) is 3.90. The van der Waals surface area contributed by atoms with Crippen molar-refractivity contribution in [3.05, 3.63) is 99.6 Å². The van der Waals surface area contributed by atoms with Crippen LogP contribution in [0, 0.1) is 0 Å². The Hall–Kier alpha value is -2.90. The number of aromatic hydroxyl groups is 1. The highest BCUT2D eigenvalue weighted by Crippen LogP contribution is 2.23. The van der Waals surface area contributed by atoms with E-state index in [0.29, 0.717) is 41.2 Å². The Labute approximate surface area is 211 Å². The van der Waals surface area contributed by atoms with Gasteiger partial charge in [-0.25, -0.2) is 0 Å². The van der Waals surface area contributed by atoms with E-state index in [1.54, 1.807) is 18.2 Å². The molecule has 1 atom stereocenters. The van der Waals surface area contributed by atoms with Gasteiger partial charge in [-0.05, 0) is 79.8 Å². The standard InChI is InChI=1S/C28H33ClN2O4/c1-28(2,31-17-26(34)21-8-11-25(33)23(15-21)18-32)16-20-4-3-5-22(14-20)27(35)30-13-12-19-6-9-24(29)10-7-19/h3-11,14-15,26,31-34H,12-13,16-18H2,1-2H3,(H,30,35)/t26-/m1/s1. The number of halogens is 1. The molecule has 0 aliphatic carbocycles. The lowest BCUT2D eigenvalue weighted by molar-refractivity contribution is 0.0954. The van der Waals surface area contributed by atoms with Crippen molar-refractivity contribution in [2.45, 2.75) is 44.9 Å². The van der Waals surface area contributed by atoms with E-state index in [9.17, 15) is 20.1 Å². The molecule has 3 aromatic carbocycles. The van der Waals surface area contributed by atoms with E-state index in [-0.39, 0.29) is 23.8 Å². The molecule has 0 unspecified atom stereocenters. The van der Waals surface area contributed by atoms with Crippen molar-refractivity contribution < 1.29 is 20.1 Å². The van der Waals surface area contributed by atoms with E-state index in [2.05, 4.69) is 10.6 Å². The van der Waals surface area contributed by atoms with Crippen LogP contribution in [0.4, 0.5) is 0 Å². The molecule has 1 amide bonds. The summed E-state index contributed by atoms with van der Waals surface area (Å²) in [6.07, 6.45) is 0.587. The first kappa shape index (κ1) is 26.7. The summed E-state index contributed by atoms with van der Waals surface area (Å²) >= 11 is 5.91. The highest BCUT2D eigenvalue weighted by atomic mass is 35.5. The van der Waals surface area contributed by atoms with E-state index >= 15 is 0 Å². The van der Waals surface area contributed by atoms with Gasteiger partial charge < -0.3 is 26.0 Å². The van der Waals surface area contributed by atoms with Crippen LogP contribution in [0.15, 0.2) is 66.7 Å². The molecular weight excluding hydrogens is 464 g/mol.